The summed E-state index contributed by atoms with van der Waals surface area (Å²) >= 11 is 1.79. The first-order valence-corrected chi connectivity index (χ1v) is 9.48. The van der Waals surface area contributed by atoms with Gasteiger partial charge in [0.15, 0.2) is 0 Å². The molecule has 0 nitrogen and oxygen atoms in total. The second-order valence-corrected chi connectivity index (χ2v) is 7.48. The molecule has 4 aromatic carbocycles. The van der Waals surface area contributed by atoms with Gasteiger partial charge in [0.25, 0.3) is 0 Å². The zero-order valence-electron chi connectivity index (χ0n) is 14.1. The summed E-state index contributed by atoms with van der Waals surface area (Å²) in [5.41, 5.74) is 5.83. The number of hydrogen-bond donors (Lipinski definition) is 0. The highest BCUT2D eigenvalue weighted by Crippen LogP contribution is 2.39. The quantitative estimate of drug-likeness (QED) is 0.335. The van der Waals surface area contributed by atoms with Gasteiger partial charge < -0.3 is 0 Å². The van der Waals surface area contributed by atoms with Crippen LogP contribution in [0, 0.1) is 0 Å². The molecule has 1 heterocycles. The molecule has 0 amide bonds. The van der Waals surface area contributed by atoms with Gasteiger partial charge in [0, 0.05) is 14.8 Å². The van der Waals surface area contributed by atoms with Crippen LogP contribution in [-0.2, 0) is 0 Å². The Hall–Kier alpha value is -2.84. The van der Waals surface area contributed by atoms with Crippen molar-refractivity contribution in [3.05, 3.63) is 91.0 Å². The average molecular weight is 346 g/mol. The summed E-state index contributed by atoms with van der Waals surface area (Å²) in [5, 5.41) is 2.52. The fraction of sp³-hybridized carbons (Fsp3) is 0. The van der Waals surface area contributed by atoms with Gasteiger partial charge in [0.2, 0.25) is 0 Å². The molecular formula is C24H15BS. The molecule has 0 aliphatic heterocycles. The molecule has 0 saturated carbocycles. The van der Waals surface area contributed by atoms with Crippen molar-refractivity contribution in [2.24, 2.45) is 0 Å². The zero-order valence-corrected chi connectivity index (χ0v) is 15.0. The summed E-state index contributed by atoms with van der Waals surface area (Å²) in [6.45, 7) is 0. The Balaban J connectivity index is 1.75. The van der Waals surface area contributed by atoms with Gasteiger partial charge in [-0.05, 0) is 33.7 Å². The maximum absolute atomic E-state index is 6.22. The summed E-state index contributed by atoms with van der Waals surface area (Å²) in [4.78, 5) is 0. The van der Waals surface area contributed by atoms with Gasteiger partial charge in [0.1, 0.15) is 7.85 Å². The van der Waals surface area contributed by atoms with E-state index in [-0.39, 0.29) is 0 Å². The van der Waals surface area contributed by atoms with Crippen molar-refractivity contribution in [2.75, 3.05) is 0 Å². The number of thiophene rings is 1. The summed E-state index contributed by atoms with van der Waals surface area (Å²) in [6.07, 6.45) is 0. The highest BCUT2D eigenvalue weighted by molar-refractivity contribution is 7.27. The van der Waals surface area contributed by atoms with Crippen LogP contribution < -0.4 is 5.46 Å². The van der Waals surface area contributed by atoms with Crippen LogP contribution in [0.4, 0.5) is 0 Å². The third-order valence-electron chi connectivity index (χ3n) is 4.84. The van der Waals surface area contributed by atoms with Crippen LogP contribution in [0.1, 0.15) is 0 Å². The largest absolute Gasteiger partial charge is 0.135 e. The standard InChI is InChI=1S/C24H15BS/c25-22-14-6-13-21-20-12-5-11-19(23(20)26-24(21)22)18-10-4-9-17(15-18)16-7-2-1-3-8-16/h1-15H. The van der Waals surface area contributed by atoms with E-state index in [0.717, 1.165) is 5.46 Å². The summed E-state index contributed by atoms with van der Waals surface area (Å²) in [6, 6.07) is 32.0. The van der Waals surface area contributed by atoms with Gasteiger partial charge in [-0.2, -0.15) is 0 Å². The molecule has 120 valence electrons. The van der Waals surface area contributed by atoms with Gasteiger partial charge in [-0.3, -0.25) is 0 Å². The molecule has 0 fully saturated rings. The van der Waals surface area contributed by atoms with E-state index in [1.54, 1.807) is 11.3 Å². The Morgan fingerprint density at radius 2 is 1.19 bits per heavy atom. The van der Waals surface area contributed by atoms with E-state index in [1.165, 1.54) is 42.4 Å². The monoisotopic (exact) mass is 346 g/mol. The van der Waals surface area contributed by atoms with Crippen LogP contribution in [0.5, 0.6) is 0 Å². The Labute approximate surface area is 158 Å². The van der Waals surface area contributed by atoms with Gasteiger partial charge >= 0.3 is 0 Å². The molecule has 0 unspecified atom stereocenters. The van der Waals surface area contributed by atoms with Gasteiger partial charge in [-0.15, -0.1) is 11.3 Å². The van der Waals surface area contributed by atoms with E-state index in [4.69, 9.17) is 7.85 Å². The molecule has 1 aromatic heterocycles. The fourth-order valence-corrected chi connectivity index (χ4v) is 4.83. The minimum atomic E-state index is 0.854. The summed E-state index contributed by atoms with van der Waals surface area (Å²) in [5.74, 6) is 0. The third-order valence-corrected chi connectivity index (χ3v) is 6.14. The van der Waals surface area contributed by atoms with Crippen molar-refractivity contribution < 1.29 is 0 Å². The van der Waals surface area contributed by atoms with Crippen LogP contribution in [0.2, 0.25) is 0 Å². The van der Waals surface area contributed by atoms with Crippen molar-refractivity contribution >= 4 is 44.8 Å². The van der Waals surface area contributed by atoms with Gasteiger partial charge in [-0.1, -0.05) is 90.4 Å². The molecule has 0 saturated heterocycles. The van der Waals surface area contributed by atoms with Crippen molar-refractivity contribution in [3.63, 3.8) is 0 Å². The second-order valence-electron chi connectivity index (χ2n) is 6.46. The van der Waals surface area contributed by atoms with E-state index >= 15 is 0 Å². The van der Waals surface area contributed by atoms with E-state index < -0.39 is 0 Å². The van der Waals surface area contributed by atoms with Crippen LogP contribution in [-0.4, -0.2) is 7.85 Å². The molecule has 26 heavy (non-hydrogen) atoms. The molecule has 2 radical (unpaired) electrons. The lowest BCUT2D eigenvalue weighted by molar-refractivity contribution is 1.61. The summed E-state index contributed by atoms with van der Waals surface area (Å²) < 4.78 is 2.47. The van der Waals surface area contributed by atoms with Crippen molar-refractivity contribution in [2.45, 2.75) is 0 Å². The minimum absolute atomic E-state index is 0.854. The lowest BCUT2D eigenvalue weighted by Crippen LogP contribution is -1.99. The Kier molecular flexibility index (Phi) is 3.65. The number of fused-ring (bicyclic) bond motifs is 3. The Bertz CT molecular complexity index is 1240. The Morgan fingerprint density at radius 3 is 2.04 bits per heavy atom. The van der Waals surface area contributed by atoms with Crippen molar-refractivity contribution in [1.29, 1.82) is 0 Å². The van der Waals surface area contributed by atoms with Crippen LogP contribution in [0.15, 0.2) is 91.0 Å². The smallest absolute Gasteiger partial charge is 0.115 e. The van der Waals surface area contributed by atoms with E-state index in [9.17, 15) is 0 Å². The zero-order chi connectivity index (χ0) is 17.5. The van der Waals surface area contributed by atoms with Gasteiger partial charge in [0.05, 0.1) is 0 Å². The molecule has 5 aromatic rings. The fourth-order valence-electron chi connectivity index (χ4n) is 3.57. The first kappa shape index (κ1) is 15.4. The molecular weight excluding hydrogens is 331 g/mol. The van der Waals surface area contributed by atoms with E-state index in [0.29, 0.717) is 0 Å². The molecule has 2 heteroatoms. The summed E-state index contributed by atoms with van der Waals surface area (Å²) in [7, 11) is 6.22. The first-order valence-electron chi connectivity index (χ1n) is 8.67. The Morgan fingerprint density at radius 1 is 0.538 bits per heavy atom. The predicted octanol–water partition coefficient (Wildman–Crippen LogP) is 6.18. The van der Waals surface area contributed by atoms with Crippen molar-refractivity contribution in [3.8, 4) is 22.3 Å². The SMILES string of the molecule is [B]c1cccc2c1sc1c(-c3cccc(-c4ccccc4)c3)cccc12. The van der Waals surface area contributed by atoms with E-state index in [2.05, 4.69) is 78.9 Å². The number of hydrogen-bond acceptors (Lipinski definition) is 1. The predicted molar refractivity (Wildman–Crippen MR) is 116 cm³/mol. The topological polar surface area (TPSA) is 0 Å². The lowest BCUT2D eigenvalue weighted by Gasteiger charge is -2.07. The second kappa shape index (κ2) is 6.15. The highest BCUT2D eigenvalue weighted by atomic mass is 32.1. The molecule has 0 aliphatic carbocycles. The average Bonchev–Trinajstić information content (AvgIpc) is 3.09. The molecule has 5 rings (SSSR count). The van der Waals surface area contributed by atoms with Crippen LogP contribution in [0.3, 0.4) is 0 Å². The molecule has 0 aliphatic rings. The van der Waals surface area contributed by atoms with Crippen LogP contribution in [0.25, 0.3) is 42.4 Å². The normalized spacial score (nSPS) is 11.2. The molecule has 0 N–H and O–H groups in total. The van der Waals surface area contributed by atoms with Crippen LogP contribution >= 0.6 is 11.3 Å². The molecule has 0 atom stereocenters. The lowest BCUT2D eigenvalue weighted by atomic mass is 9.94. The number of rotatable bonds is 2. The van der Waals surface area contributed by atoms with Gasteiger partial charge in [-0.25, -0.2) is 0 Å². The third kappa shape index (κ3) is 2.46. The number of benzene rings is 4. The first-order chi connectivity index (χ1) is 12.8. The minimum Gasteiger partial charge on any atom is -0.135 e. The maximum atomic E-state index is 6.22. The molecule has 0 bridgehead atoms. The van der Waals surface area contributed by atoms with Crippen molar-refractivity contribution in [1.82, 2.24) is 0 Å². The maximum Gasteiger partial charge on any atom is 0.115 e. The van der Waals surface area contributed by atoms with E-state index in [1.807, 2.05) is 12.1 Å². The molecule has 0 spiro atoms. The highest BCUT2D eigenvalue weighted by Gasteiger charge is 2.11.